The second-order valence-electron chi connectivity index (χ2n) is 5.80. The van der Waals surface area contributed by atoms with Gasteiger partial charge in [-0.3, -0.25) is 20.1 Å². The predicted octanol–water partition coefficient (Wildman–Crippen LogP) is 3.28. The number of rotatable bonds is 7. The van der Waals surface area contributed by atoms with Crippen molar-refractivity contribution in [3.8, 4) is 0 Å². The predicted molar refractivity (Wildman–Crippen MR) is 101 cm³/mol. The summed E-state index contributed by atoms with van der Waals surface area (Å²) in [4.78, 5) is 20.9. The summed E-state index contributed by atoms with van der Waals surface area (Å²) in [7, 11) is 0. The van der Waals surface area contributed by atoms with Crippen molar-refractivity contribution in [2.75, 3.05) is 0 Å². The van der Waals surface area contributed by atoms with Crippen LogP contribution in [0.3, 0.4) is 0 Å². The molecule has 0 aliphatic rings. The third-order valence-electron chi connectivity index (χ3n) is 3.89. The fourth-order valence-electron chi connectivity index (χ4n) is 2.56. The molecule has 132 valence electrons. The third-order valence-corrected chi connectivity index (χ3v) is 4.13. The molecule has 26 heavy (non-hydrogen) atoms. The lowest BCUT2D eigenvalue weighted by Gasteiger charge is -2.19. The average molecular weight is 367 g/mol. The zero-order valence-electron chi connectivity index (χ0n) is 14.1. The first-order chi connectivity index (χ1) is 12.7. The number of halogens is 1. The monoisotopic (exact) mass is 366 g/mol. The van der Waals surface area contributed by atoms with E-state index in [4.69, 9.17) is 11.6 Å². The van der Waals surface area contributed by atoms with E-state index in [1.54, 1.807) is 36.9 Å². The lowest BCUT2D eigenvalue weighted by atomic mass is 10.1. The maximum atomic E-state index is 12.8. The molecule has 6 heteroatoms. The molecular formula is C20H19ClN4O. The van der Waals surface area contributed by atoms with Crippen molar-refractivity contribution in [2.24, 2.45) is 0 Å². The molecule has 1 aromatic carbocycles. The molecule has 0 fully saturated rings. The van der Waals surface area contributed by atoms with E-state index in [2.05, 4.69) is 20.6 Å². The van der Waals surface area contributed by atoms with Crippen LogP contribution in [0.4, 0.5) is 0 Å². The second-order valence-corrected chi connectivity index (χ2v) is 6.24. The van der Waals surface area contributed by atoms with Crippen LogP contribution >= 0.6 is 11.6 Å². The Morgan fingerprint density at radius 2 is 1.81 bits per heavy atom. The van der Waals surface area contributed by atoms with Crippen LogP contribution in [-0.2, 0) is 17.9 Å². The summed E-state index contributed by atoms with van der Waals surface area (Å²) in [6.45, 7) is 0.959. The first kappa shape index (κ1) is 18.0. The summed E-state index contributed by atoms with van der Waals surface area (Å²) in [5.74, 6) is -0.118. The molecular weight excluding hydrogens is 348 g/mol. The highest BCUT2D eigenvalue weighted by Gasteiger charge is 2.20. The molecule has 0 saturated heterocycles. The van der Waals surface area contributed by atoms with Gasteiger partial charge in [-0.1, -0.05) is 29.8 Å². The average Bonchev–Trinajstić information content (AvgIpc) is 2.68. The topological polar surface area (TPSA) is 66.9 Å². The van der Waals surface area contributed by atoms with Crippen LogP contribution in [0.2, 0.25) is 5.02 Å². The van der Waals surface area contributed by atoms with Crippen molar-refractivity contribution < 1.29 is 4.79 Å². The SMILES string of the molecule is O=C(NCc1ccncc1)C(NCc1cccnc1)c1cccc(Cl)c1. The highest BCUT2D eigenvalue weighted by atomic mass is 35.5. The molecule has 0 saturated carbocycles. The summed E-state index contributed by atoms with van der Waals surface area (Å²) < 4.78 is 0. The van der Waals surface area contributed by atoms with Crippen molar-refractivity contribution in [2.45, 2.75) is 19.1 Å². The first-order valence-corrected chi connectivity index (χ1v) is 8.64. The Hall–Kier alpha value is -2.76. The molecule has 3 rings (SSSR count). The van der Waals surface area contributed by atoms with E-state index in [0.29, 0.717) is 18.1 Å². The number of carbonyl (C=O) groups is 1. The molecule has 0 spiro atoms. The molecule has 0 aliphatic heterocycles. The van der Waals surface area contributed by atoms with Crippen LogP contribution in [0, 0.1) is 0 Å². The highest BCUT2D eigenvalue weighted by Crippen LogP contribution is 2.19. The van der Waals surface area contributed by atoms with Gasteiger partial charge in [-0.2, -0.15) is 0 Å². The summed E-state index contributed by atoms with van der Waals surface area (Å²) in [6, 6.07) is 14.4. The normalized spacial score (nSPS) is 11.7. The smallest absolute Gasteiger partial charge is 0.242 e. The van der Waals surface area contributed by atoms with Crippen LogP contribution in [-0.4, -0.2) is 15.9 Å². The maximum Gasteiger partial charge on any atom is 0.242 e. The van der Waals surface area contributed by atoms with Crippen LogP contribution in [0.25, 0.3) is 0 Å². The number of amides is 1. The summed E-state index contributed by atoms with van der Waals surface area (Å²) in [6.07, 6.45) is 6.91. The number of hydrogen-bond donors (Lipinski definition) is 2. The lowest BCUT2D eigenvalue weighted by Crippen LogP contribution is -2.37. The molecule has 2 N–H and O–H groups in total. The number of carbonyl (C=O) groups excluding carboxylic acids is 1. The van der Waals surface area contributed by atoms with Crippen molar-refractivity contribution in [1.29, 1.82) is 0 Å². The van der Waals surface area contributed by atoms with Gasteiger partial charge in [0.25, 0.3) is 0 Å². The zero-order valence-corrected chi connectivity index (χ0v) is 14.9. The molecule has 5 nitrogen and oxygen atoms in total. The van der Waals surface area contributed by atoms with Gasteiger partial charge in [-0.15, -0.1) is 0 Å². The first-order valence-electron chi connectivity index (χ1n) is 8.27. The van der Waals surface area contributed by atoms with Crippen molar-refractivity contribution in [1.82, 2.24) is 20.6 Å². The van der Waals surface area contributed by atoms with E-state index in [1.807, 2.05) is 36.4 Å². The van der Waals surface area contributed by atoms with Gasteiger partial charge < -0.3 is 5.32 Å². The number of benzene rings is 1. The summed E-state index contributed by atoms with van der Waals surface area (Å²) in [5.41, 5.74) is 2.81. The van der Waals surface area contributed by atoms with E-state index >= 15 is 0 Å². The fourth-order valence-corrected chi connectivity index (χ4v) is 2.76. The molecule has 0 bridgehead atoms. The Balaban J connectivity index is 1.72. The Morgan fingerprint density at radius 3 is 2.54 bits per heavy atom. The van der Waals surface area contributed by atoms with Gasteiger partial charge >= 0.3 is 0 Å². The Kier molecular flexibility index (Phi) is 6.30. The number of pyridine rings is 2. The molecule has 2 heterocycles. The second kappa shape index (κ2) is 9.08. The fraction of sp³-hybridized carbons (Fsp3) is 0.150. The number of nitrogens with one attached hydrogen (secondary N) is 2. The van der Waals surface area contributed by atoms with E-state index in [9.17, 15) is 4.79 Å². The Labute approximate surface area is 157 Å². The number of hydrogen-bond acceptors (Lipinski definition) is 4. The quantitative estimate of drug-likeness (QED) is 0.673. The van der Waals surface area contributed by atoms with Crippen LogP contribution in [0.15, 0.2) is 73.3 Å². The molecule has 3 aromatic rings. The minimum absolute atomic E-state index is 0.118. The van der Waals surface area contributed by atoms with Gasteiger partial charge in [0.15, 0.2) is 0 Å². The maximum absolute atomic E-state index is 12.8. The standard InChI is InChI=1S/C20H19ClN4O/c21-18-5-1-4-17(11-18)19(24-14-16-3-2-8-23-12-16)20(26)25-13-15-6-9-22-10-7-15/h1-12,19,24H,13-14H2,(H,25,26). The van der Waals surface area contributed by atoms with Gasteiger partial charge in [-0.05, 0) is 47.0 Å². The molecule has 0 radical (unpaired) electrons. The Bertz CT molecular complexity index is 843. The zero-order chi connectivity index (χ0) is 18.2. The minimum Gasteiger partial charge on any atom is -0.350 e. The highest BCUT2D eigenvalue weighted by molar-refractivity contribution is 6.30. The van der Waals surface area contributed by atoms with E-state index < -0.39 is 6.04 Å². The van der Waals surface area contributed by atoms with Gasteiger partial charge in [0, 0.05) is 42.9 Å². The number of aromatic nitrogens is 2. The molecule has 1 atom stereocenters. The van der Waals surface area contributed by atoms with E-state index in [0.717, 1.165) is 16.7 Å². The summed E-state index contributed by atoms with van der Waals surface area (Å²) in [5, 5.41) is 6.85. The van der Waals surface area contributed by atoms with Crippen LogP contribution < -0.4 is 10.6 Å². The number of nitrogens with zero attached hydrogens (tertiary/aromatic N) is 2. The van der Waals surface area contributed by atoms with E-state index in [-0.39, 0.29) is 5.91 Å². The lowest BCUT2D eigenvalue weighted by molar-refractivity contribution is -0.123. The van der Waals surface area contributed by atoms with Crippen LogP contribution in [0.1, 0.15) is 22.7 Å². The van der Waals surface area contributed by atoms with Gasteiger partial charge in [0.1, 0.15) is 6.04 Å². The van der Waals surface area contributed by atoms with Gasteiger partial charge in [0.05, 0.1) is 0 Å². The molecule has 2 aromatic heterocycles. The Morgan fingerprint density at radius 1 is 0.962 bits per heavy atom. The van der Waals surface area contributed by atoms with Crippen molar-refractivity contribution in [3.05, 3.63) is 95.0 Å². The largest absolute Gasteiger partial charge is 0.350 e. The van der Waals surface area contributed by atoms with Crippen molar-refractivity contribution in [3.63, 3.8) is 0 Å². The molecule has 1 unspecified atom stereocenters. The molecule has 1 amide bonds. The van der Waals surface area contributed by atoms with E-state index in [1.165, 1.54) is 0 Å². The van der Waals surface area contributed by atoms with Gasteiger partial charge in [0.2, 0.25) is 5.91 Å². The van der Waals surface area contributed by atoms with Gasteiger partial charge in [-0.25, -0.2) is 0 Å². The van der Waals surface area contributed by atoms with Crippen LogP contribution in [0.5, 0.6) is 0 Å². The summed E-state index contributed by atoms with van der Waals surface area (Å²) >= 11 is 6.11. The third kappa shape index (κ3) is 5.12. The molecule has 0 aliphatic carbocycles. The van der Waals surface area contributed by atoms with Crippen molar-refractivity contribution >= 4 is 17.5 Å². The minimum atomic E-state index is -0.518.